The number of fused-ring (bicyclic) bond motifs is 2. The Bertz CT molecular complexity index is 870. The monoisotopic (exact) mass is 373 g/mol. The molecule has 1 amide bonds. The Hall–Kier alpha value is -2.57. The van der Waals surface area contributed by atoms with Crippen molar-refractivity contribution in [1.29, 1.82) is 0 Å². The third-order valence-corrected chi connectivity index (χ3v) is 5.53. The highest BCUT2D eigenvalue weighted by Gasteiger charge is 2.44. The van der Waals surface area contributed by atoms with Gasteiger partial charge in [-0.25, -0.2) is 9.97 Å². The summed E-state index contributed by atoms with van der Waals surface area (Å²) in [5.74, 6) is 0.584. The summed E-state index contributed by atoms with van der Waals surface area (Å²) >= 11 is 0. The van der Waals surface area contributed by atoms with Crippen molar-refractivity contribution in [3.8, 4) is 5.75 Å². The van der Waals surface area contributed by atoms with Crippen molar-refractivity contribution in [3.63, 3.8) is 0 Å². The predicted molar refractivity (Wildman–Crippen MR) is 95.0 cm³/mol. The first kappa shape index (κ1) is 17.8. The molecule has 142 valence electrons. The molecular formula is C20H21F2N3O2. The van der Waals surface area contributed by atoms with Gasteiger partial charge in [-0.15, -0.1) is 0 Å². The topological polar surface area (TPSA) is 55.3 Å². The summed E-state index contributed by atoms with van der Waals surface area (Å²) in [6.07, 6.45) is 5.67. The SMILES string of the molecule is Cc1ncc2c(n1)C1(CCCN(C(=O)c3cccc(OC(F)F)c3)C1)CC2. The van der Waals surface area contributed by atoms with Gasteiger partial charge in [0.2, 0.25) is 0 Å². The van der Waals surface area contributed by atoms with Crippen molar-refractivity contribution < 1.29 is 18.3 Å². The van der Waals surface area contributed by atoms with E-state index in [1.54, 1.807) is 12.1 Å². The van der Waals surface area contributed by atoms with Crippen molar-refractivity contribution >= 4 is 5.91 Å². The highest BCUT2D eigenvalue weighted by atomic mass is 19.3. The van der Waals surface area contributed by atoms with E-state index >= 15 is 0 Å². The molecule has 5 nitrogen and oxygen atoms in total. The lowest BCUT2D eigenvalue weighted by Crippen LogP contribution is -2.48. The van der Waals surface area contributed by atoms with Crippen LogP contribution in [0.15, 0.2) is 30.5 Å². The lowest BCUT2D eigenvalue weighted by molar-refractivity contribution is -0.0499. The molecular weight excluding hydrogens is 352 g/mol. The lowest BCUT2D eigenvalue weighted by Gasteiger charge is -2.40. The first-order valence-electron chi connectivity index (χ1n) is 9.14. The van der Waals surface area contributed by atoms with Crippen LogP contribution >= 0.6 is 0 Å². The van der Waals surface area contributed by atoms with Crippen molar-refractivity contribution in [2.45, 2.75) is 44.6 Å². The Morgan fingerprint density at radius 2 is 2.19 bits per heavy atom. The molecule has 0 N–H and O–H groups in total. The van der Waals surface area contributed by atoms with Gasteiger partial charge in [0.15, 0.2) is 0 Å². The van der Waals surface area contributed by atoms with E-state index in [1.807, 2.05) is 18.0 Å². The number of amides is 1. The number of hydrogen-bond donors (Lipinski definition) is 0. The molecule has 2 aromatic rings. The van der Waals surface area contributed by atoms with E-state index in [0.717, 1.165) is 37.2 Å². The number of carbonyl (C=O) groups is 1. The van der Waals surface area contributed by atoms with Crippen LogP contribution in [-0.2, 0) is 11.8 Å². The van der Waals surface area contributed by atoms with Crippen LogP contribution in [-0.4, -0.2) is 40.5 Å². The fraction of sp³-hybridized carbons (Fsp3) is 0.450. The molecule has 1 unspecified atom stereocenters. The average Bonchev–Trinajstić information content (AvgIpc) is 2.98. The molecule has 1 aliphatic carbocycles. The van der Waals surface area contributed by atoms with E-state index in [0.29, 0.717) is 18.7 Å². The fourth-order valence-electron chi connectivity index (χ4n) is 4.32. The number of ether oxygens (including phenoxy) is 1. The zero-order chi connectivity index (χ0) is 19.0. The van der Waals surface area contributed by atoms with Gasteiger partial charge in [0.05, 0.1) is 5.69 Å². The standard InChI is InChI=1S/C20H21F2N3O2/c1-13-23-11-15-6-8-20(17(15)24-13)7-3-9-25(12-20)18(26)14-4-2-5-16(10-14)27-19(21)22/h2,4-5,10-11,19H,3,6-9,12H2,1H3. The molecule has 0 saturated carbocycles. The minimum atomic E-state index is -2.91. The van der Waals surface area contributed by atoms with Crippen molar-refractivity contribution in [1.82, 2.24) is 14.9 Å². The van der Waals surface area contributed by atoms with Crippen molar-refractivity contribution in [2.75, 3.05) is 13.1 Å². The third kappa shape index (κ3) is 3.38. The van der Waals surface area contributed by atoms with Crippen molar-refractivity contribution in [2.24, 2.45) is 0 Å². The number of piperidine rings is 1. The zero-order valence-corrected chi connectivity index (χ0v) is 15.1. The second kappa shape index (κ2) is 6.87. The molecule has 7 heteroatoms. The van der Waals surface area contributed by atoms with Crippen molar-refractivity contribution in [3.05, 3.63) is 53.1 Å². The van der Waals surface area contributed by atoms with E-state index in [2.05, 4.69) is 9.72 Å². The van der Waals surface area contributed by atoms with Crippen LogP contribution in [0.2, 0.25) is 0 Å². The quantitative estimate of drug-likeness (QED) is 0.826. The molecule has 1 saturated heterocycles. The van der Waals surface area contributed by atoms with Gasteiger partial charge in [-0.2, -0.15) is 8.78 Å². The van der Waals surface area contributed by atoms with Crippen LogP contribution in [0.25, 0.3) is 0 Å². The summed E-state index contributed by atoms with van der Waals surface area (Å²) < 4.78 is 29.3. The van der Waals surface area contributed by atoms with Crippen LogP contribution in [0.5, 0.6) is 5.75 Å². The Balaban J connectivity index is 1.58. The second-order valence-corrected chi connectivity index (χ2v) is 7.31. The molecule has 1 fully saturated rings. The number of likely N-dealkylation sites (tertiary alicyclic amines) is 1. The Morgan fingerprint density at radius 1 is 1.33 bits per heavy atom. The fourth-order valence-corrected chi connectivity index (χ4v) is 4.32. The molecule has 1 atom stereocenters. The van der Waals surface area contributed by atoms with Crippen LogP contribution in [0, 0.1) is 6.92 Å². The summed E-state index contributed by atoms with van der Waals surface area (Å²) in [6.45, 7) is 0.216. The number of alkyl halides is 2. The molecule has 1 aromatic carbocycles. The summed E-state index contributed by atoms with van der Waals surface area (Å²) in [5.41, 5.74) is 2.47. The van der Waals surface area contributed by atoms with Gasteiger partial charge >= 0.3 is 6.61 Å². The number of rotatable bonds is 3. The number of halogens is 2. The predicted octanol–water partition coefficient (Wildman–Crippen LogP) is 3.51. The molecule has 2 heterocycles. The normalized spacial score (nSPS) is 21.6. The summed E-state index contributed by atoms with van der Waals surface area (Å²) in [7, 11) is 0. The maximum absolute atomic E-state index is 13.0. The van der Waals surface area contributed by atoms with Gasteiger partial charge < -0.3 is 9.64 Å². The molecule has 0 radical (unpaired) electrons. The maximum Gasteiger partial charge on any atom is 0.387 e. The van der Waals surface area contributed by atoms with E-state index in [9.17, 15) is 13.6 Å². The highest BCUT2D eigenvalue weighted by Crippen LogP contribution is 2.44. The number of benzene rings is 1. The maximum atomic E-state index is 13.0. The number of hydrogen-bond acceptors (Lipinski definition) is 4. The van der Waals surface area contributed by atoms with Crippen LogP contribution in [0.3, 0.4) is 0 Å². The average molecular weight is 373 g/mol. The minimum absolute atomic E-state index is 0.00264. The summed E-state index contributed by atoms with van der Waals surface area (Å²) in [4.78, 5) is 23.8. The third-order valence-electron chi connectivity index (χ3n) is 5.53. The Kier molecular flexibility index (Phi) is 4.53. The van der Waals surface area contributed by atoms with Gasteiger partial charge in [-0.05, 0) is 56.4 Å². The van der Waals surface area contributed by atoms with Gasteiger partial charge in [0.25, 0.3) is 5.91 Å². The van der Waals surface area contributed by atoms with E-state index in [-0.39, 0.29) is 17.1 Å². The number of carbonyl (C=O) groups excluding carboxylic acids is 1. The molecule has 1 spiro atoms. The van der Waals surface area contributed by atoms with E-state index < -0.39 is 6.61 Å². The number of aryl methyl sites for hydroxylation is 2. The van der Waals surface area contributed by atoms with E-state index in [1.165, 1.54) is 17.7 Å². The zero-order valence-electron chi connectivity index (χ0n) is 15.1. The largest absolute Gasteiger partial charge is 0.435 e. The van der Waals surface area contributed by atoms with Crippen LogP contribution < -0.4 is 4.74 Å². The number of nitrogens with zero attached hydrogens (tertiary/aromatic N) is 3. The first-order chi connectivity index (χ1) is 13.0. The van der Waals surface area contributed by atoms with Crippen LogP contribution in [0.1, 0.15) is 46.7 Å². The highest BCUT2D eigenvalue weighted by molar-refractivity contribution is 5.94. The van der Waals surface area contributed by atoms with Gasteiger partial charge in [-0.3, -0.25) is 4.79 Å². The van der Waals surface area contributed by atoms with Gasteiger partial charge in [-0.1, -0.05) is 6.07 Å². The van der Waals surface area contributed by atoms with Gasteiger partial charge in [0, 0.05) is 30.3 Å². The first-order valence-corrected chi connectivity index (χ1v) is 9.14. The van der Waals surface area contributed by atoms with E-state index in [4.69, 9.17) is 4.98 Å². The molecule has 27 heavy (non-hydrogen) atoms. The Labute approximate surface area is 156 Å². The second-order valence-electron chi connectivity index (χ2n) is 7.31. The summed E-state index contributed by atoms with van der Waals surface area (Å²) in [5, 5.41) is 0. The number of aromatic nitrogens is 2. The minimum Gasteiger partial charge on any atom is -0.435 e. The molecule has 1 aromatic heterocycles. The summed E-state index contributed by atoms with van der Waals surface area (Å²) in [6, 6.07) is 6.00. The Morgan fingerprint density at radius 3 is 3.00 bits per heavy atom. The van der Waals surface area contributed by atoms with Crippen LogP contribution in [0.4, 0.5) is 8.78 Å². The molecule has 1 aliphatic heterocycles. The van der Waals surface area contributed by atoms with Gasteiger partial charge in [0.1, 0.15) is 11.6 Å². The molecule has 0 bridgehead atoms. The smallest absolute Gasteiger partial charge is 0.387 e. The lowest BCUT2D eigenvalue weighted by atomic mass is 9.77. The molecule has 4 rings (SSSR count). The molecule has 2 aliphatic rings.